The number of anilines is 2. The molecule has 1 aromatic heterocycles. The maximum absolute atomic E-state index is 5.77. The van der Waals surface area contributed by atoms with Crippen LogP contribution in [0.3, 0.4) is 0 Å². The predicted molar refractivity (Wildman–Crippen MR) is 82.7 cm³/mol. The second-order valence-corrected chi connectivity index (χ2v) is 5.23. The molecule has 0 radical (unpaired) electrons. The van der Waals surface area contributed by atoms with Crippen molar-refractivity contribution in [2.45, 2.75) is 25.8 Å². The molecule has 5 nitrogen and oxygen atoms in total. The van der Waals surface area contributed by atoms with Gasteiger partial charge in [0.1, 0.15) is 5.82 Å². The van der Waals surface area contributed by atoms with Gasteiger partial charge in [-0.1, -0.05) is 19.1 Å². The first-order chi connectivity index (χ1) is 9.78. The molecule has 3 N–H and O–H groups in total. The van der Waals surface area contributed by atoms with E-state index in [0.29, 0.717) is 5.95 Å². The molecule has 0 atom stereocenters. The molecule has 3 rings (SSSR count). The van der Waals surface area contributed by atoms with Crippen molar-refractivity contribution < 1.29 is 0 Å². The van der Waals surface area contributed by atoms with E-state index in [9.17, 15) is 0 Å². The largest absolute Gasteiger partial charge is 0.368 e. The first kappa shape index (κ1) is 13.1. The molecule has 0 spiro atoms. The average Bonchev–Trinajstić information content (AvgIpc) is 3.28. The molecular formula is C15H21N5. The van der Waals surface area contributed by atoms with E-state index in [4.69, 9.17) is 5.73 Å². The number of rotatable bonds is 6. The molecule has 106 valence electrons. The van der Waals surface area contributed by atoms with Crippen LogP contribution in [-0.2, 0) is 0 Å². The van der Waals surface area contributed by atoms with E-state index in [2.05, 4.69) is 27.1 Å². The standard InChI is InChI=1S/C15H21N5/c1-2-20(11-7-8-11)10-9-17-14-12-5-3-4-6-13(12)18-15(16)19-14/h3-6,11H,2,7-10H2,1H3,(H3,16,17,18,19). The topological polar surface area (TPSA) is 67.1 Å². The summed E-state index contributed by atoms with van der Waals surface area (Å²) in [5.41, 5.74) is 6.65. The molecule has 0 bridgehead atoms. The van der Waals surface area contributed by atoms with E-state index in [1.54, 1.807) is 0 Å². The third kappa shape index (κ3) is 2.82. The van der Waals surface area contributed by atoms with E-state index in [1.807, 2.05) is 24.3 Å². The maximum atomic E-state index is 5.77. The summed E-state index contributed by atoms with van der Waals surface area (Å²) in [7, 11) is 0. The van der Waals surface area contributed by atoms with Gasteiger partial charge >= 0.3 is 0 Å². The number of nitrogens with one attached hydrogen (secondary N) is 1. The Balaban J connectivity index is 1.70. The van der Waals surface area contributed by atoms with Crippen LogP contribution in [0.25, 0.3) is 10.9 Å². The van der Waals surface area contributed by atoms with Crippen molar-refractivity contribution in [2.24, 2.45) is 0 Å². The molecule has 0 saturated heterocycles. The molecular weight excluding hydrogens is 250 g/mol. The van der Waals surface area contributed by atoms with Gasteiger partial charge in [-0.15, -0.1) is 0 Å². The lowest BCUT2D eigenvalue weighted by molar-refractivity contribution is 0.289. The van der Waals surface area contributed by atoms with E-state index in [-0.39, 0.29) is 0 Å². The minimum Gasteiger partial charge on any atom is -0.368 e. The quantitative estimate of drug-likeness (QED) is 0.842. The molecule has 1 aliphatic carbocycles. The molecule has 0 aliphatic heterocycles. The molecule has 1 aliphatic rings. The lowest BCUT2D eigenvalue weighted by atomic mass is 10.2. The van der Waals surface area contributed by atoms with Crippen molar-refractivity contribution in [3.63, 3.8) is 0 Å². The van der Waals surface area contributed by atoms with Crippen LogP contribution >= 0.6 is 0 Å². The van der Waals surface area contributed by atoms with Crippen LogP contribution in [0, 0.1) is 0 Å². The number of nitrogen functional groups attached to an aromatic ring is 1. The van der Waals surface area contributed by atoms with Crippen LogP contribution in [0.2, 0.25) is 0 Å². The number of hydrogen-bond acceptors (Lipinski definition) is 5. The van der Waals surface area contributed by atoms with Gasteiger partial charge in [0.05, 0.1) is 5.52 Å². The Labute approximate surface area is 119 Å². The third-order valence-electron chi connectivity index (χ3n) is 3.78. The molecule has 0 amide bonds. The summed E-state index contributed by atoms with van der Waals surface area (Å²) in [5.74, 6) is 1.15. The van der Waals surface area contributed by atoms with Crippen molar-refractivity contribution in [3.8, 4) is 0 Å². The molecule has 5 heteroatoms. The van der Waals surface area contributed by atoms with Crippen LogP contribution < -0.4 is 11.1 Å². The summed E-state index contributed by atoms with van der Waals surface area (Å²) >= 11 is 0. The molecule has 1 aromatic carbocycles. The Kier molecular flexibility index (Phi) is 3.69. The van der Waals surface area contributed by atoms with E-state index in [0.717, 1.165) is 42.4 Å². The van der Waals surface area contributed by atoms with Crippen molar-refractivity contribution in [2.75, 3.05) is 30.7 Å². The molecule has 2 aromatic rings. The highest BCUT2D eigenvalue weighted by molar-refractivity contribution is 5.89. The lowest BCUT2D eigenvalue weighted by Crippen LogP contribution is -2.31. The van der Waals surface area contributed by atoms with Crippen LogP contribution in [0.1, 0.15) is 19.8 Å². The van der Waals surface area contributed by atoms with Gasteiger partial charge in [0.25, 0.3) is 0 Å². The maximum Gasteiger partial charge on any atom is 0.222 e. The van der Waals surface area contributed by atoms with Gasteiger partial charge in [-0.25, -0.2) is 4.98 Å². The van der Waals surface area contributed by atoms with Gasteiger partial charge in [0.2, 0.25) is 5.95 Å². The number of nitrogens with zero attached hydrogens (tertiary/aromatic N) is 3. The summed E-state index contributed by atoms with van der Waals surface area (Å²) in [6, 6.07) is 8.74. The van der Waals surface area contributed by atoms with Gasteiger partial charge in [-0.3, -0.25) is 4.90 Å². The van der Waals surface area contributed by atoms with Gasteiger partial charge < -0.3 is 11.1 Å². The number of benzene rings is 1. The molecule has 1 fully saturated rings. The zero-order chi connectivity index (χ0) is 13.9. The highest BCUT2D eigenvalue weighted by Gasteiger charge is 2.27. The Morgan fingerprint density at radius 2 is 2.10 bits per heavy atom. The Morgan fingerprint density at radius 3 is 2.85 bits per heavy atom. The molecule has 1 saturated carbocycles. The van der Waals surface area contributed by atoms with Gasteiger partial charge in [-0.05, 0) is 31.5 Å². The van der Waals surface area contributed by atoms with Crippen LogP contribution in [0.4, 0.5) is 11.8 Å². The number of likely N-dealkylation sites (N-methyl/N-ethyl adjacent to an activating group) is 1. The first-order valence-electron chi connectivity index (χ1n) is 7.28. The Bertz CT molecular complexity index is 594. The SMILES string of the molecule is CCN(CCNc1nc(N)nc2ccccc12)C1CC1. The molecule has 0 unspecified atom stereocenters. The number of hydrogen-bond donors (Lipinski definition) is 2. The lowest BCUT2D eigenvalue weighted by Gasteiger charge is -2.20. The highest BCUT2D eigenvalue weighted by Crippen LogP contribution is 2.26. The van der Waals surface area contributed by atoms with E-state index in [1.165, 1.54) is 12.8 Å². The van der Waals surface area contributed by atoms with Gasteiger partial charge in [-0.2, -0.15) is 4.98 Å². The van der Waals surface area contributed by atoms with Crippen LogP contribution in [-0.4, -0.2) is 40.5 Å². The Morgan fingerprint density at radius 1 is 1.30 bits per heavy atom. The minimum absolute atomic E-state index is 0.320. The average molecular weight is 271 g/mol. The van der Waals surface area contributed by atoms with Crippen LogP contribution in [0.15, 0.2) is 24.3 Å². The summed E-state index contributed by atoms with van der Waals surface area (Å²) in [6.07, 6.45) is 2.69. The van der Waals surface area contributed by atoms with E-state index >= 15 is 0 Å². The number of nitrogens with two attached hydrogens (primary N) is 1. The second kappa shape index (κ2) is 5.63. The summed E-state index contributed by atoms with van der Waals surface area (Å²) in [6.45, 7) is 5.25. The smallest absolute Gasteiger partial charge is 0.222 e. The zero-order valence-corrected chi connectivity index (χ0v) is 11.8. The third-order valence-corrected chi connectivity index (χ3v) is 3.78. The number of para-hydroxylation sites is 1. The fraction of sp³-hybridized carbons (Fsp3) is 0.467. The highest BCUT2D eigenvalue weighted by atomic mass is 15.2. The first-order valence-corrected chi connectivity index (χ1v) is 7.28. The zero-order valence-electron chi connectivity index (χ0n) is 11.8. The fourth-order valence-electron chi connectivity index (χ4n) is 2.59. The summed E-state index contributed by atoms with van der Waals surface area (Å²) < 4.78 is 0. The van der Waals surface area contributed by atoms with Gasteiger partial charge in [0, 0.05) is 24.5 Å². The van der Waals surface area contributed by atoms with Crippen molar-refractivity contribution in [1.29, 1.82) is 0 Å². The predicted octanol–water partition coefficient (Wildman–Crippen LogP) is 2.11. The summed E-state index contributed by atoms with van der Waals surface area (Å²) in [4.78, 5) is 11.1. The van der Waals surface area contributed by atoms with Crippen molar-refractivity contribution >= 4 is 22.7 Å². The number of aromatic nitrogens is 2. The Hall–Kier alpha value is -1.88. The molecule has 1 heterocycles. The van der Waals surface area contributed by atoms with Gasteiger partial charge in [0.15, 0.2) is 0 Å². The van der Waals surface area contributed by atoms with Crippen LogP contribution in [0.5, 0.6) is 0 Å². The second-order valence-electron chi connectivity index (χ2n) is 5.23. The van der Waals surface area contributed by atoms with E-state index < -0.39 is 0 Å². The van der Waals surface area contributed by atoms with Crippen molar-refractivity contribution in [3.05, 3.63) is 24.3 Å². The summed E-state index contributed by atoms with van der Waals surface area (Å²) in [5, 5.41) is 4.43. The fourth-order valence-corrected chi connectivity index (χ4v) is 2.59. The molecule has 20 heavy (non-hydrogen) atoms. The number of fused-ring (bicyclic) bond motifs is 1. The van der Waals surface area contributed by atoms with Crippen molar-refractivity contribution in [1.82, 2.24) is 14.9 Å². The normalized spacial score (nSPS) is 14.9. The minimum atomic E-state index is 0.320. The monoisotopic (exact) mass is 271 g/mol.